The molecule has 3 aliphatic rings. The average molecular weight is 415 g/mol. The first-order valence-corrected chi connectivity index (χ1v) is 17.0. The Kier molecular flexibility index (Phi) is 8.42. The monoisotopic (exact) mass is 414 g/mol. The summed E-state index contributed by atoms with van der Waals surface area (Å²) in [7, 11) is -2.12. The molecule has 3 saturated heterocycles. The van der Waals surface area contributed by atoms with E-state index < -0.39 is 17.6 Å². The first-order chi connectivity index (χ1) is 13.1. The second-order valence-electron chi connectivity index (χ2n) is 9.30. The molecule has 6 heteroatoms. The Morgan fingerprint density at radius 1 is 0.889 bits per heavy atom. The van der Waals surface area contributed by atoms with E-state index in [-0.39, 0.29) is 10.4 Å². The van der Waals surface area contributed by atoms with Gasteiger partial charge in [-0.15, -0.1) is 0 Å². The lowest BCUT2D eigenvalue weighted by Crippen LogP contribution is -2.71. The Hall–Kier alpha value is 0.274. The lowest BCUT2D eigenvalue weighted by molar-refractivity contribution is -0.164. The van der Waals surface area contributed by atoms with E-state index in [0.717, 1.165) is 33.0 Å². The predicted octanol–water partition coefficient (Wildman–Crippen LogP) is 3.87. The maximum atomic E-state index is 6.78. The lowest BCUT2D eigenvalue weighted by Gasteiger charge is -2.58. The molecule has 0 spiro atoms. The maximum Gasteiger partial charge on any atom is 0.0809 e. The minimum atomic E-state index is -1.11. The molecule has 3 aliphatic heterocycles. The minimum Gasteiger partial charge on any atom is -0.379 e. The molecule has 3 rings (SSSR count). The molecule has 4 nitrogen and oxygen atoms in total. The summed E-state index contributed by atoms with van der Waals surface area (Å²) in [6.45, 7) is 12.0. The van der Waals surface area contributed by atoms with Crippen LogP contribution in [0.5, 0.6) is 0 Å². The third kappa shape index (κ3) is 4.89. The number of hydrogen-bond donors (Lipinski definition) is 0. The third-order valence-corrected chi connectivity index (χ3v) is 14.3. The molecule has 3 heterocycles. The van der Waals surface area contributed by atoms with Gasteiger partial charge in [-0.3, -0.25) is 0 Å². The van der Waals surface area contributed by atoms with Crippen molar-refractivity contribution in [3.8, 4) is 0 Å². The summed E-state index contributed by atoms with van der Waals surface area (Å²) >= 11 is 0. The summed E-state index contributed by atoms with van der Waals surface area (Å²) in [6.07, 6.45) is 11.4. The van der Waals surface area contributed by atoms with E-state index in [1.807, 2.05) is 0 Å². The lowest BCUT2D eigenvalue weighted by atomic mass is 9.96. The zero-order chi connectivity index (χ0) is 19.2. The molecule has 27 heavy (non-hydrogen) atoms. The van der Waals surface area contributed by atoms with Gasteiger partial charge in [-0.05, 0) is 57.8 Å². The van der Waals surface area contributed by atoms with Gasteiger partial charge in [0.25, 0.3) is 0 Å². The van der Waals surface area contributed by atoms with Gasteiger partial charge in [-0.25, -0.2) is 0 Å². The molecular weight excluding hydrogens is 372 g/mol. The van der Waals surface area contributed by atoms with Crippen molar-refractivity contribution < 1.29 is 18.9 Å². The fraction of sp³-hybridized carbons (Fsp3) is 1.00. The molecule has 0 N–H and O–H groups in total. The Morgan fingerprint density at radius 3 is 2.15 bits per heavy atom. The van der Waals surface area contributed by atoms with E-state index in [2.05, 4.69) is 19.6 Å². The molecule has 0 saturated carbocycles. The van der Waals surface area contributed by atoms with Crippen molar-refractivity contribution in [2.24, 2.45) is 0 Å². The molecule has 0 aromatic rings. The number of rotatable bonds is 9. The highest BCUT2D eigenvalue weighted by Gasteiger charge is 2.58. The van der Waals surface area contributed by atoms with Crippen LogP contribution in [0.15, 0.2) is 0 Å². The highest BCUT2D eigenvalue weighted by Crippen LogP contribution is 2.47. The van der Waals surface area contributed by atoms with Crippen LogP contribution in [0.3, 0.4) is 0 Å². The van der Waals surface area contributed by atoms with E-state index in [1.54, 1.807) is 0 Å². The zero-order valence-corrected chi connectivity index (χ0v) is 20.3. The Morgan fingerprint density at radius 2 is 1.59 bits per heavy atom. The van der Waals surface area contributed by atoms with Crippen LogP contribution >= 0.6 is 0 Å². The van der Waals surface area contributed by atoms with Crippen LogP contribution in [0, 0.1) is 0 Å². The Balaban J connectivity index is 1.58. The number of ether oxygens (including phenoxy) is 4. The molecule has 4 atom stereocenters. The number of hydrogen-bond acceptors (Lipinski definition) is 4. The van der Waals surface area contributed by atoms with Crippen molar-refractivity contribution in [1.29, 1.82) is 0 Å². The van der Waals surface area contributed by atoms with Crippen LogP contribution in [0.25, 0.3) is 0 Å². The van der Waals surface area contributed by atoms with Gasteiger partial charge in [0.05, 0.1) is 40.8 Å². The fourth-order valence-electron chi connectivity index (χ4n) is 5.76. The SMILES string of the molecule is C[SiH](C)C1(C2([SiH](C)CCCOCC3CCCO3)CCCCO2)CCCCO1. The Bertz CT molecular complexity index is 428. The van der Waals surface area contributed by atoms with Crippen molar-refractivity contribution in [2.45, 2.75) is 100 Å². The van der Waals surface area contributed by atoms with E-state index in [9.17, 15) is 0 Å². The molecule has 4 unspecified atom stereocenters. The molecule has 0 bridgehead atoms. The largest absolute Gasteiger partial charge is 0.379 e. The van der Waals surface area contributed by atoms with Gasteiger partial charge in [-0.1, -0.05) is 25.7 Å². The van der Waals surface area contributed by atoms with E-state index in [1.165, 1.54) is 63.8 Å². The predicted molar refractivity (Wildman–Crippen MR) is 116 cm³/mol. The van der Waals surface area contributed by atoms with Gasteiger partial charge in [0.1, 0.15) is 0 Å². The summed E-state index contributed by atoms with van der Waals surface area (Å²) in [5.74, 6) is 0. The molecule has 0 amide bonds. The van der Waals surface area contributed by atoms with Crippen LogP contribution in [-0.2, 0) is 18.9 Å². The minimum absolute atomic E-state index is 0.0701. The second kappa shape index (κ2) is 10.3. The van der Waals surface area contributed by atoms with Crippen molar-refractivity contribution in [3.63, 3.8) is 0 Å². The van der Waals surface area contributed by atoms with E-state index in [0.29, 0.717) is 6.10 Å². The summed E-state index contributed by atoms with van der Waals surface area (Å²) in [5, 5.41) is 0.149. The standard InChI is InChI=1S/C21H42O4Si2/c1-26(2)20(11-4-6-15-24-20)21(12-5-7-16-25-21)27(3)17-9-13-22-18-19-10-8-14-23-19/h19,26-27H,4-18H2,1-3H3. The highest BCUT2D eigenvalue weighted by molar-refractivity contribution is 6.67. The van der Waals surface area contributed by atoms with Gasteiger partial charge >= 0.3 is 0 Å². The van der Waals surface area contributed by atoms with Crippen LogP contribution in [0.2, 0.25) is 25.7 Å². The van der Waals surface area contributed by atoms with Crippen molar-refractivity contribution in [2.75, 3.05) is 33.0 Å². The molecule has 3 fully saturated rings. The smallest absolute Gasteiger partial charge is 0.0809 e. The molecule has 0 aromatic carbocycles. The first-order valence-electron chi connectivity index (χ1n) is 11.6. The van der Waals surface area contributed by atoms with Gasteiger partial charge in [-0.2, -0.15) is 0 Å². The third-order valence-electron chi connectivity index (χ3n) is 7.30. The quantitative estimate of drug-likeness (QED) is 0.424. The topological polar surface area (TPSA) is 36.9 Å². The fourth-order valence-corrected chi connectivity index (χ4v) is 13.5. The van der Waals surface area contributed by atoms with Gasteiger partial charge < -0.3 is 18.9 Å². The molecule has 158 valence electrons. The first kappa shape index (κ1) is 22.0. The average Bonchev–Trinajstić information content (AvgIpc) is 3.22. The van der Waals surface area contributed by atoms with Crippen LogP contribution in [-0.4, -0.2) is 67.2 Å². The molecule has 0 aromatic heterocycles. The molecule has 0 aliphatic carbocycles. The van der Waals surface area contributed by atoms with Gasteiger partial charge in [0.15, 0.2) is 0 Å². The maximum absolute atomic E-state index is 6.78. The van der Waals surface area contributed by atoms with Crippen LogP contribution in [0.4, 0.5) is 0 Å². The second-order valence-corrected chi connectivity index (χ2v) is 15.9. The summed E-state index contributed by atoms with van der Waals surface area (Å²) in [6, 6.07) is 1.30. The van der Waals surface area contributed by atoms with Crippen molar-refractivity contribution in [1.82, 2.24) is 0 Å². The summed E-state index contributed by atoms with van der Waals surface area (Å²) in [4.78, 5) is 0. The van der Waals surface area contributed by atoms with Crippen LogP contribution in [0.1, 0.15) is 57.8 Å². The summed E-state index contributed by atoms with van der Waals surface area (Å²) < 4.78 is 25.1. The summed E-state index contributed by atoms with van der Waals surface area (Å²) in [5.41, 5.74) is 0. The zero-order valence-electron chi connectivity index (χ0n) is 18.0. The molecular formula is C21H42O4Si2. The van der Waals surface area contributed by atoms with Crippen molar-refractivity contribution in [3.05, 3.63) is 0 Å². The van der Waals surface area contributed by atoms with E-state index >= 15 is 0 Å². The normalized spacial score (nSPS) is 36.2. The highest BCUT2D eigenvalue weighted by atomic mass is 28.3. The van der Waals surface area contributed by atoms with Gasteiger partial charge in [0, 0.05) is 26.4 Å². The molecule has 0 radical (unpaired) electrons. The Labute approximate surface area is 169 Å². The van der Waals surface area contributed by atoms with Gasteiger partial charge in [0.2, 0.25) is 0 Å². The van der Waals surface area contributed by atoms with Crippen LogP contribution < -0.4 is 0 Å². The van der Waals surface area contributed by atoms with Crippen molar-refractivity contribution >= 4 is 17.6 Å². The van der Waals surface area contributed by atoms with E-state index in [4.69, 9.17) is 18.9 Å².